The van der Waals surface area contributed by atoms with Crippen LogP contribution in [0.15, 0.2) is 18.2 Å². The first-order valence-corrected chi connectivity index (χ1v) is 8.08. The third-order valence-electron chi connectivity index (χ3n) is 4.24. The third-order valence-corrected chi connectivity index (χ3v) is 4.24. The van der Waals surface area contributed by atoms with Gasteiger partial charge in [-0.1, -0.05) is 19.9 Å². The van der Waals surface area contributed by atoms with Crippen molar-refractivity contribution in [2.75, 3.05) is 39.4 Å². The lowest BCUT2D eigenvalue weighted by atomic mass is 9.94. The van der Waals surface area contributed by atoms with Crippen LogP contribution in [0.25, 0.3) is 0 Å². The molecular weight excluding hydrogens is 264 g/mol. The van der Waals surface area contributed by atoms with E-state index in [1.54, 1.807) is 0 Å². The van der Waals surface area contributed by atoms with Gasteiger partial charge in [0.2, 0.25) is 0 Å². The highest BCUT2D eigenvalue weighted by atomic mass is 16.6. The van der Waals surface area contributed by atoms with Crippen LogP contribution in [-0.4, -0.2) is 44.3 Å². The van der Waals surface area contributed by atoms with E-state index in [1.807, 2.05) is 0 Å². The second-order valence-corrected chi connectivity index (χ2v) is 6.33. The van der Waals surface area contributed by atoms with Crippen molar-refractivity contribution >= 4 is 0 Å². The molecular formula is C17H26N2O2. The minimum absolute atomic E-state index is 0.475. The Morgan fingerprint density at radius 3 is 2.52 bits per heavy atom. The van der Waals surface area contributed by atoms with E-state index in [2.05, 4.69) is 42.3 Å². The van der Waals surface area contributed by atoms with Crippen LogP contribution < -0.4 is 14.8 Å². The number of fused-ring (bicyclic) bond motifs is 1. The van der Waals surface area contributed by atoms with Crippen LogP contribution in [0.5, 0.6) is 11.5 Å². The van der Waals surface area contributed by atoms with E-state index >= 15 is 0 Å². The second-order valence-electron chi connectivity index (χ2n) is 6.33. The standard InChI is InChI=1S/C17H26N2O2/c1-13(2)11-15(19-7-5-18-6-8-19)14-3-4-16-17(12-14)21-10-9-20-16/h3-4,12-13,15,18H,5-11H2,1-2H3/t15-/m0/s1. The molecule has 0 unspecified atom stereocenters. The van der Waals surface area contributed by atoms with Crippen molar-refractivity contribution in [2.45, 2.75) is 26.3 Å². The van der Waals surface area contributed by atoms with Crippen molar-refractivity contribution in [3.05, 3.63) is 23.8 Å². The van der Waals surface area contributed by atoms with Crippen molar-refractivity contribution < 1.29 is 9.47 Å². The third kappa shape index (κ3) is 3.50. The Morgan fingerprint density at radius 2 is 1.81 bits per heavy atom. The van der Waals surface area contributed by atoms with Gasteiger partial charge >= 0.3 is 0 Å². The largest absolute Gasteiger partial charge is 0.486 e. The van der Waals surface area contributed by atoms with Crippen LogP contribution in [0.3, 0.4) is 0 Å². The summed E-state index contributed by atoms with van der Waals surface area (Å²) in [4.78, 5) is 2.60. The number of rotatable bonds is 4. The number of nitrogens with one attached hydrogen (secondary N) is 1. The van der Waals surface area contributed by atoms with E-state index in [9.17, 15) is 0 Å². The van der Waals surface area contributed by atoms with Gasteiger partial charge in [-0.2, -0.15) is 0 Å². The Morgan fingerprint density at radius 1 is 1.10 bits per heavy atom. The summed E-state index contributed by atoms with van der Waals surface area (Å²) in [6, 6.07) is 6.94. The van der Waals surface area contributed by atoms with E-state index in [-0.39, 0.29) is 0 Å². The molecule has 1 fully saturated rings. The molecule has 116 valence electrons. The highest BCUT2D eigenvalue weighted by Gasteiger charge is 2.24. The van der Waals surface area contributed by atoms with Gasteiger partial charge < -0.3 is 14.8 Å². The molecule has 1 atom stereocenters. The lowest BCUT2D eigenvalue weighted by Gasteiger charge is -2.36. The minimum Gasteiger partial charge on any atom is -0.486 e. The van der Waals surface area contributed by atoms with E-state index in [0.29, 0.717) is 25.2 Å². The Labute approximate surface area is 127 Å². The van der Waals surface area contributed by atoms with Crippen molar-refractivity contribution in [3.63, 3.8) is 0 Å². The van der Waals surface area contributed by atoms with Gasteiger partial charge in [0, 0.05) is 32.2 Å². The smallest absolute Gasteiger partial charge is 0.161 e. The first kappa shape index (κ1) is 14.7. The molecule has 0 spiro atoms. The van der Waals surface area contributed by atoms with Crippen LogP contribution in [0, 0.1) is 5.92 Å². The highest BCUT2D eigenvalue weighted by molar-refractivity contribution is 5.44. The van der Waals surface area contributed by atoms with Crippen LogP contribution >= 0.6 is 0 Å². The van der Waals surface area contributed by atoms with E-state index in [0.717, 1.165) is 37.7 Å². The summed E-state index contributed by atoms with van der Waals surface area (Å²) in [7, 11) is 0. The van der Waals surface area contributed by atoms with Crippen LogP contribution in [-0.2, 0) is 0 Å². The summed E-state index contributed by atoms with van der Waals surface area (Å²) in [6.07, 6.45) is 1.18. The number of nitrogens with zero attached hydrogens (tertiary/aromatic N) is 1. The molecule has 0 aromatic heterocycles. The first-order chi connectivity index (χ1) is 10.2. The fourth-order valence-electron chi connectivity index (χ4n) is 3.20. The van der Waals surface area contributed by atoms with Crippen LogP contribution in [0.2, 0.25) is 0 Å². The fraction of sp³-hybridized carbons (Fsp3) is 0.647. The average Bonchev–Trinajstić information content (AvgIpc) is 2.53. The van der Waals surface area contributed by atoms with Gasteiger partial charge in [0.05, 0.1) is 0 Å². The second kappa shape index (κ2) is 6.67. The summed E-state index contributed by atoms with van der Waals surface area (Å²) in [5.74, 6) is 2.47. The number of ether oxygens (including phenoxy) is 2. The minimum atomic E-state index is 0.475. The first-order valence-electron chi connectivity index (χ1n) is 8.08. The Kier molecular flexibility index (Phi) is 4.66. The number of hydrogen-bond donors (Lipinski definition) is 1. The molecule has 1 saturated heterocycles. The maximum Gasteiger partial charge on any atom is 0.161 e. The van der Waals surface area contributed by atoms with Crippen LogP contribution in [0.1, 0.15) is 31.9 Å². The zero-order chi connectivity index (χ0) is 14.7. The molecule has 0 amide bonds. The molecule has 3 rings (SSSR count). The molecule has 2 heterocycles. The molecule has 2 aliphatic heterocycles. The van der Waals surface area contributed by atoms with Gasteiger partial charge in [0.15, 0.2) is 11.5 Å². The molecule has 1 aromatic rings. The van der Waals surface area contributed by atoms with Gasteiger partial charge in [-0.3, -0.25) is 4.90 Å². The van der Waals surface area contributed by atoms with E-state index in [4.69, 9.17) is 9.47 Å². The van der Waals surface area contributed by atoms with Crippen molar-refractivity contribution in [3.8, 4) is 11.5 Å². The number of piperazine rings is 1. The van der Waals surface area contributed by atoms with Crippen molar-refractivity contribution in [1.82, 2.24) is 10.2 Å². The number of benzene rings is 1. The summed E-state index contributed by atoms with van der Waals surface area (Å²) >= 11 is 0. The van der Waals surface area contributed by atoms with Gasteiger partial charge in [0.25, 0.3) is 0 Å². The van der Waals surface area contributed by atoms with Gasteiger partial charge in [0.1, 0.15) is 13.2 Å². The zero-order valence-electron chi connectivity index (χ0n) is 13.1. The highest BCUT2D eigenvalue weighted by Crippen LogP contribution is 2.36. The maximum atomic E-state index is 5.75. The van der Waals surface area contributed by atoms with E-state index < -0.39 is 0 Å². The number of hydrogen-bond acceptors (Lipinski definition) is 4. The summed E-state index contributed by atoms with van der Waals surface area (Å²) in [5, 5.41) is 3.44. The average molecular weight is 290 g/mol. The Bertz CT molecular complexity index is 470. The molecule has 4 nitrogen and oxygen atoms in total. The molecule has 0 bridgehead atoms. The Balaban J connectivity index is 1.84. The lowest BCUT2D eigenvalue weighted by Crippen LogP contribution is -2.45. The monoisotopic (exact) mass is 290 g/mol. The fourth-order valence-corrected chi connectivity index (χ4v) is 3.20. The van der Waals surface area contributed by atoms with Gasteiger partial charge in [-0.05, 0) is 30.0 Å². The topological polar surface area (TPSA) is 33.7 Å². The van der Waals surface area contributed by atoms with Crippen molar-refractivity contribution in [2.24, 2.45) is 5.92 Å². The predicted molar refractivity (Wildman–Crippen MR) is 84.1 cm³/mol. The Hall–Kier alpha value is -1.26. The summed E-state index contributed by atoms with van der Waals surface area (Å²) < 4.78 is 11.4. The normalized spacial score (nSPS) is 20.5. The lowest BCUT2D eigenvalue weighted by molar-refractivity contribution is 0.151. The molecule has 1 N–H and O–H groups in total. The molecule has 1 aromatic carbocycles. The zero-order valence-corrected chi connectivity index (χ0v) is 13.1. The van der Waals surface area contributed by atoms with Gasteiger partial charge in [-0.25, -0.2) is 0 Å². The van der Waals surface area contributed by atoms with Gasteiger partial charge in [-0.15, -0.1) is 0 Å². The summed E-state index contributed by atoms with van der Waals surface area (Å²) in [5.41, 5.74) is 1.36. The van der Waals surface area contributed by atoms with E-state index in [1.165, 1.54) is 12.0 Å². The quantitative estimate of drug-likeness (QED) is 0.923. The van der Waals surface area contributed by atoms with Crippen LogP contribution in [0.4, 0.5) is 0 Å². The predicted octanol–water partition coefficient (Wildman–Crippen LogP) is 2.45. The molecule has 0 saturated carbocycles. The molecule has 21 heavy (non-hydrogen) atoms. The maximum absolute atomic E-state index is 5.75. The summed E-state index contributed by atoms with van der Waals surface area (Å²) in [6.45, 7) is 10.3. The molecule has 2 aliphatic rings. The van der Waals surface area contributed by atoms with Crippen molar-refractivity contribution in [1.29, 1.82) is 0 Å². The molecule has 0 radical (unpaired) electrons. The molecule has 4 heteroatoms. The molecule has 0 aliphatic carbocycles. The SMILES string of the molecule is CC(C)C[C@@H](c1ccc2c(c1)OCCO2)N1CCNCC1.